The van der Waals surface area contributed by atoms with Crippen LogP contribution in [0.15, 0.2) is 54.7 Å². The Labute approximate surface area is 200 Å². The van der Waals surface area contributed by atoms with Crippen LogP contribution < -0.4 is 5.32 Å². The lowest BCUT2D eigenvalue weighted by molar-refractivity contribution is -0.0947. The summed E-state index contributed by atoms with van der Waals surface area (Å²) >= 11 is 0. The van der Waals surface area contributed by atoms with Gasteiger partial charge in [-0.2, -0.15) is 0 Å². The number of aromatic nitrogens is 1. The number of ether oxygens (including phenoxy) is 1. The van der Waals surface area contributed by atoms with Crippen LogP contribution in [0.1, 0.15) is 25.3 Å². The van der Waals surface area contributed by atoms with Crippen LogP contribution in [0.2, 0.25) is 0 Å². The Bertz CT molecular complexity index is 1220. The Morgan fingerprint density at radius 1 is 1.17 bits per heavy atom. The number of rotatable bonds is 10. The molecule has 2 unspecified atom stereocenters. The van der Waals surface area contributed by atoms with E-state index >= 15 is 0 Å². The van der Waals surface area contributed by atoms with Gasteiger partial charge >= 0.3 is 13.9 Å². The largest absolute Gasteiger partial charge is 0.472 e. The number of likely N-dealkylation sites (N-methyl/N-ethyl adjacent to an activating group) is 1. The van der Waals surface area contributed by atoms with E-state index in [0.717, 1.165) is 16.8 Å². The second-order valence-electron chi connectivity index (χ2n) is 7.90. The highest BCUT2D eigenvalue weighted by atomic mass is 31.2. The summed E-state index contributed by atoms with van der Waals surface area (Å²) in [6.07, 6.45) is -0.454. The molecule has 1 heterocycles. The van der Waals surface area contributed by atoms with Gasteiger partial charge in [-0.05, 0) is 31.0 Å². The molecule has 2 aromatic carbocycles. The monoisotopic (exact) mass is 509 g/mol. The lowest BCUT2D eigenvalue weighted by Gasteiger charge is -2.33. The maximum atomic E-state index is 14.2. The number of amides is 1. The SMILES string of the molecule is CCCC(C(OC(=O)Nc1cc2ccccc2cn1)OP(=O)(O)O)N(C)Cc1cccc(F)c1F. The lowest BCUT2D eigenvalue weighted by atomic mass is 10.1. The molecule has 0 spiro atoms. The lowest BCUT2D eigenvalue weighted by Crippen LogP contribution is -2.45. The fourth-order valence-electron chi connectivity index (χ4n) is 3.61. The third kappa shape index (κ3) is 7.51. The van der Waals surface area contributed by atoms with Crippen LogP contribution >= 0.6 is 7.82 Å². The van der Waals surface area contributed by atoms with Crippen LogP contribution in [0.4, 0.5) is 19.4 Å². The van der Waals surface area contributed by atoms with E-state index in [1.165, 1.54) is 24.1 Å². The van der Waals surface area contributed by atoms with E-state index in [1.807, 2.05) is 24.3 Å². The van der Waals surface area contributed by atoms with Crippen molar-refractivity contribution in [1.82, 2.24) is 9.88 Å². The molecule has 0 radical (unpaired) electrons. The number of carbonyl (C=O) groups is 1. The van der Waals surface area contributed by atoms with E-state index in [9.17, 15) is 27.9 Å². The van der Waals surface area contributed by atoms with Crippen molar-refractivity contribution in [2.24, 2.45) is 0 Å². The highest BCUT2D eigenvalue weighted by Gasteiger charge is 2.35. The molecule has 0 aliphatic heterocycles. The van der Waals surface area contributed by atoms with Crippen molar-refractivity contribution < 1.29 is 37.2 Å². The van der Waals surface area contributed by atoms with Crippen LogP contribution in [0, 0.1) is 11.6 Å². The third-order valence-corrected chi connectivity index (χ3v) is 5.72. The summed E-state index contributed by atoms with van der Waals surface area (Å²) in [4.78, 5) is 37.0. The molecular weight excluding hydrogens is 483 g/mol. The summed E-state index contributed by atoms with van der Waals surface area (Å²) in [5.41, 5.74) is 0.0216. The number of halogens is 2. The topological polar surface area (TPSA) is 121 Å². The Morgan fingerprint density at radius 3 is 2.57 bits per heavy atom. The molecule has 12 heteroatoms. The van der Waals surface area contributed by atoms with Crippen molar-refractivity contribution in [3.63, 3.8) is 0 Å². The maximum Gasteiger partial charge on any atom is 0.472 e. The predicted octanol–water partition coefficient (Wildman–Crippen LogP) is 4.80. The van der Waals surface area contributed by atoms with Gasteiger partial charge in [0.15, 0.2) is 11.6 Å². The van der Waals surface area contributed by atoms with Gasteiger partial charge in [-0.1, -0.05) is 49.7 Å². The van der Waals surface area contributed by atoms with Gasteiger partial charge in [0.2, 0.25) is 6.29 Å². The second kappa shape index (κ2) is 11.7. The van der Waals surface area contributed by atoms with Gasteiger partial charge in [0.1, 0.15) is 5.82 Å². The molecule has 1 aromatic heterocycles. The molecule has 2 atom stereocenters. The van der Waals surface area contributed by atoms with Crippen LogP contribution in [0.5, 0.6) is 0 Å². The number of hydrogen-bond acceptors (Lipinski definition) is 6. The minimum atomic E-state index is -5.09. The highest BCUT2D eigenvalue weighted by Crippen LogP contribution is 2.40. The molecule has 0 bridgehead atoms. The first-order valence-electron chi connectivity index (χ1n) is 10.8. The number of benzene rings is 2. The molecule has 0 aliphatic rings. The van der Waals surface area contributed by atoms with E-state index in [1.54, 1.807) is 19.2 Å². The quantitative estimate of drug-likeness (QED) is 0.263. The van der Waals surface area contributed by atoms with Gasteiger partial charge in [0, 0.05) is 23.7 Å². The van der Waals surface area contributed by atoms with Gasteiger partial charge in [-0.15, -0.1) is 0 Å². The summed E-state index contributed by atoms with van der Waals surface area (Å²) < 4.78 is 49.5. The van der Waals surface area contributed by atoms with Crippen molar-refractivity contribution in [1.29, 1.82) is 0 Å². The van der Waals surface area contributed by atoms with E-state index in [0.29, 0.717) is 6.42 Å². The van der Waals surface area contributed by atoms with Crippen molar-refractivity contribution in [2.75, 3.05) is 12.4 Å². The summed E-state index contributed by atoms with van der Waals surface area (Å²) in [7, 11) is -3.57. The van der Waals surface area contributed by atoms with Gasteiger partial charge in [-0.25, -0.2) is 27.6 Å². The fourth-order valence-corrected chi connectivity index (χ4v) is 4.07. The number of nitrogens with one attached hydrogen (secondary N) is 1. The van der Waals surface area contributed by atoms with Crippen LogP contribution in [0.25, 0.3) is 10.8 Å². The molecular formula is C23H26F2N3O6P. The molecule has 1 amide bonds. The number of phosphoric ester groups is 1. The molecule has 0 fully saturated rings. The zero-order valence-corrected chi connectivity index (χ0v) is 20.0. The first-order valence-corrected chi connectivity index (χ1v) is 12.3. The standard InChI is InChI=1S/C23H26F2N3O6P/c1-3-7-19(28(2)14-17-10-6-11-18(24)21(17)25)22(34-35(30,31)32)33-23(29)27-20-12-15-8-4-5-9-16(15)13-26-20/h4-6,8-13,19,22H,3,7,14H2,1-2H3,(H,26,27,29)(H2,30,31,32). The number of hydrogen-bond donors (Lipinski definition) is 3. The summed E-state index contributed by atoms with van der Waals surface area (Å²) in [6, 6.07) is 11.8. The van der Waals surface area contributed by atoms with E-state index < -0.39 is 37.9 Å². The molecule has 35 heavy (non-hydrogen) atoms. The van der Waals surface area contributed by atoms with Gasteiger partial charge in [0.05, 0.1) is 6.04 Å². The van der Waals surface area contributed by atoms with Gasteiger partial charge < -0.3 is 14.5 Å². The minimum Gasteiger partial charge on any atom is -0.417 e. The number of phosphoric acid groups is 1. The fraction of sp³-hybridized carbons (Fsp3) is 0.304. The van der Waals surface area contributed by atoms with Crippen molar-refractivity contribution in [3.05, 3.63) is 71.9 Å². The molecule has 3 rings (SSSR count). The summed E-state index contributed by atoms with van der Waals surface area (Å²) in [6.45, 7) is 1.67. The molecule has 3 N–H and O–H groups in total. The third-order valence-electron chi connectivity index (χ3n) is 5.24. The average Bonchev–Trinajstić information content (AvgIpc) is 2.79. The molecule has 188 valence electrons. The molecule has 3 aromatic rings. The predicted molar refractivity (Wildman–Crippen MR) is 125 cm³/mol. The zero-order chi connectivity index (χ0) is 25.6. The van der Waals surface area contributed by atoms with Crippen LogP contribution in [-0.4, -0.2) is 45.1 Å². The van der Waals surface area contributed by atoms with Crippen molar-refractivity contribution >= 4 is 30.5 Å². The van der Waals surface area contributed by atoms with E-state index in [-0.39, 0.29) is 24.3 Å². The second-order valence-corrected chi connectivity index (χ2v) is 9.09. The molecule has 0 saturated heterocycles. The Kier molecular flexibility index (Phi) is 8.87. The smallest absolute Gasteiger partial charge is 0.417 e. The molecule has 9 nitrogen and oxygen atoms in total. The van der Waals surface area contributed by atoms with Crippen LogP contribution in [0.3, 0.4) is 0 Å². The van der Waals surface area contributed by atoms with Crippen LogP contribution in [-0.2, 0) is 20.4 Å². The van der Waals surface area contributed by atoms with Gasteiger partial charge in [0.25, 0.3) is 0 Å². The Balaban J connectivity index is 1.80. The first kappa shape index (κ1) is 26.7. The Hall–Kier alpha value is -2.95. The number of pyridine rings is 1. The van der Waals surface area contributed by atoms with Crippen molar-refractivity contribution in [3.8, 4) is 0 Å². The zero-order valence-electron chi connectivity index (χ0n) is 19.1. The van der Waals surface area contributed by atoms with E-state index in [2.05, 4.69) is 10.3 Å². The molecule has 0 aliphatic carbocycles. The number of nitrogens with zero attached hydrogens (tertiary/aromatic N) is 2. The van der Waals surface area contributed by atoms with Gasteiger partial charge in [-0.3, -0.25) is 10.2 Å². The average molecular weight is 509 g/mol. The number of fused-ring (bicyclic) bond motifs is 1. The summed E-state index contributed by atoms with van der Waals surface area (Å²) in [5.74, 6) is -1.90. The maximum absolute atomic E-state index is 14.2. The Morgan fingerprint density at radius 2 is 1.89 bits per heavy atom. The number of anilines is 1. The minimum absolute atomic E-state index is 0.0216. The van der Waals surface area contributed by atoms with Crippen molar-refractivity contribution in [2.45, 2.75) is 38.6 Å². The highest BCUT2D eigenvalue weighted by molar-refractivity contribution is 7.46. The normalized spacial score (nSPS) is 13.6. The molecule has 0 saturated carbocycles. The van der Waals surface area contributed by atoms with E-state index in [4.69, 9.17) is 9.26 Å². The summed E-state index contributed by atoms with van der Waals surface area (Å²) in [5, 5.41) is 4.08. The first-order chi connectivity index (χ1) is 16.6. The number of carbonyl (C=O) groups excluding carboxylic acids is 1.